The lowest BCUT2D eigenvalue weighted by molar-refractivity contribution is -0.928. The van der Waals surface area contributed by atoms with Gasteiger partial charge in [0.25, 0.3) is 5.91 Å². The average Bonchev–Trinajstić information content (AvgIpc) is 3.09. The summed E-state index contributed by atoms with van der Waals surface area (Å²) in [6.07, 6.45) is 4.92. The molecule has 0 bridgehead atoms. The fourth-order valence-corrected chi connectivity index (χ4v) is 5.06. The molecule has 30 heavy (non-hydrogen) atoms. The molecule has 0 radical (unpaired) electrons. The van der Waals surface area contributed by atoms with E-state index in [1.54, 1.807) is 24.0 Å². The zero-order valence-electron chi connectivity index (χ0n) is 18.2. The van der Waals surface area contributed by atoms with E-state index >= 15 is 0 Å². The van der Waals surface area contributed by atoms with Crippen molar-refractivity contribution in [3.05, 3.63) is 41.1 Å². The van der Waals surface area contributed by atoms with Gasteiger partial charge < -0.3 is 19.9 Å². The van der Waals surface area contributed by atoms with Crippen LogP contribution in [0.1, 0.15) is 44.2 Å². The third kappa shape index (κ3) is 3.78. The molecule has 3 heterocycles. The second-order valence-corrected chi connectivity index (χ2v) is 8.68. The molecule has 1 fully saturated rings. The maximum Gasteiger partial charge on any atom is 0.322 e. The second-order valence-electron chi connectivity index (χ2n) is 8.68. The minimum atomic E-state index is -0.481. The standard InChI is InChI=1S/C23H32N4O3/c1-16-9-6-7-12-26(16)13-8-14-27-15-18-20(22(27)28)21(24-23(29)25(18)2)17-10-4-5-11-19(17)30-3/h4-5,10-11,16,21H,6-9,12-15H2,1-3H3,(H,24,29)/p+1/t16-,21-/m0/s1. The van der Waals surface area contributed by atoms with Crippen molar-refractivity contribution in [2.24, 2.45) is 0 Å². The van der Waals surface area contributed by atoms with Gasteiger partial charge in [-0.2, -0.15) is 0 Å². The van der Waals surface area contributed by atoms with Gasteiger partial charge >= 0.3 is 6.03 Å². The van der Waals surface area contributed by atoms with Crippen LogP contribution in [0.4, 0.5) is 4.79 Å². The molecule has 3 atom stereocenters. The topological polar surface area (TPSA) is 66.3 Å². The number of para-hydroxylation sites is 1. The first-order valence-electron chi connectivity index (χ1n) is 11.0. The molecule has 3 amide bonds. The highest BCUT2D eigenvalue weighted by Crippen LogP contribution is 2.38. The Morgan fingerprint density at radius 3 is 2.80 bits per heavy atom. The van der Waals surface area contributed by atoms with Crippen LogP contribution in [0, 0.1) is 0 Å². The molecule has 162 valence electrons. The van der Waals surface area contributed by atoms with Crippen LogP contribution >= 0.6 is 0 Å². The molecule has 3 aliphatic rings. The number of benzene rings is 1. The van der Waals surface area contributed by atoms with Gasteiger partial charge in [0.1, 0.15) is 5.75 Å². The Kier molecular flexibility index (Phi) is 5.99. The molecule has 2 N–H and O–H groups in total. The summed E-state index contributed by atoms with van der Waals surface area (Å²) >= 11 is 0. The number of urea groups is 1. The number of likely N-dealkylation sites (N-methyl/N-ethyl adjacent to an activating group) is 1. The van der Waals surface area contributed by atoms with Gasteiger partial charge in [0, 0.05) is 25.6 Å². The number of amides is 3. The summed E-state index contributed by atoms with van der Waals surface area (Å²) in [6, 6.07) is 7.61. The van der Waals surface area contributed by atoms with Crippen LogP contribution in [-0.4, -0.2) is 68.1 Å². The van der Waals surface area contributed by atoms with Crippen molar-refractivity contribution in [3.8, 4) is 5.75 Å². The number of ether oxygens (including phenoxy) is 1. The quantitative estimate of drug-likeness (QED) is 0.740. The summed E-state index contributed by atoms with van der Waals surface area (Å²) in [5.41, 5.74) is 2.29. The predicted octanol–water partition coefficient (Wildman–Crippen LogP) is 1.34. The van der Waals surface area contributed by atoms with E-state index in [0.29, 0.717) is 23.9 Å². The van der Waals surface area contributed by atoms with Crippen molar-refractivity contribution in [3.63, 3.8) is 0 Å². The minimum absolute atomic E-state index is 0.0226. The van der Waals surface area contributed by atoms with Gasteiger partial charge in [-0.15, -0.1) is 0 Å². The van der Waals surface area contributed by atoms with E-state index in [1.807, 2.05) is 29.2 Å². The average molecular weight is 414 g/mol. The normalized spacial score (nSPS) is 26.7. The first-order valence-corrected chi connectivity index (χ1v) is 11.0. The Morgan fingerprint density at radius 1 is 1.23 bits per heavy atom. The van der Waals surface area contributed by atoms with Gasteiger partial charge in [0.05, 0.1) is 50.1 Å². The fraction of sp³-hybridized carbons (Fsp3) is 0.565. The lowest BCUT2D eigenvalue weighted by Gasteiger charge is -2.31. The van der Waals surface area contributed by atoms with Crippen molar-refractivity contribution in [2.45, 2.75) is 44.7 Å². The number of carbonyl (C=O) groups excluding carboxylic acids is 2. The van der Waals surface area contributed by atoms with E-state index in [9.17, 15) is 9.59 Å². The lowest BCUT2D eigenvalue weighted by Crippen LogP contribution is -3.16. The fourth-order valence-electron chi connectivity index (χ4n) is 5.06. The number of likely N-dealkylation sites (tertiary alicyclic amines) is 1. The van der Waals surface area contributed by atoms with Crippen LogP contribution in [0.25, 0.3) is 0 Å². The molecule has 0 spiro atoms. The highest BCUT2D eigenvalue weighted by atomic mass is 16.5. The second kappa shape index (κ2) is 8.68. The van der Waals surface area contributed by atoms with Crippen LogP contribution in [0.2, 0.25) is 0 Å². The molecule has 7 nitrogen and oxygen atoms in total. The number of nitrogens with one attached hydrogen (secondary N) is 2. The molecular formula is C23H33N4O3+. The number of methoxy groups -OCH3 is 1. The summed E-state index contributed by atoms with van der Waals surface area (Å²) in [7, 11) is 3.34. The molecule has 1 saturated heterocycles. The Bertz CT molecular complexity index is 853. The zero-order valence-corrected chi connectivity index (χ0v) is 18.2. The van der Waals surface area contributed by atoms with E-state index in [-0.39, 0.29) is 11.9 Å². The van der Waals surface area contributed by atoms with E-state index in [1.165, 1.54) is 25.8 Å². The number of quaternary nitrogens is 1. The van der Waals surface area contributed by atoms with Gasteiger partial charge in [-0.25, -0.2) is 4.79 Å². The van der Waals surface area contributed by atoms with Gasteiger partial charge in [-0.1, -0.05) is 18.2 Å². The van der Waals surface area contributed by atoms with Crippen LogP contribution in [0.15, 0.2) is 35.5 Å². The van der Waals surface area contributed by atoms with Crippen molar-refractivity contribution >= 4 is 11.9 Å². The predicted molar refractivity (Wildman–Crippen MR) is 114 cm³/mol. The molecule has 7 heteroatoms. The summed E-state index contributed by atoms with van der Waals surface area (Å²) in [4.78, 5) is 31.1. The number of hydrogen-bond donors (Lipinski definition) is 2. The van der Waals surface area contributed by atoms with Crippen molar-refractivity contribution in [2.75, 3.05) is 40.3 Å². The highest BCUT2D eigenvalue weighted by molar-refractivity contribution is 6.01. The smallest absolute Gasteiger partial charge is 0.322 e. The maximum atomic E-state index is 13.4. The van der Waals surface area contributed by atoms with Gasteiger partial charge in [0.2, 0.25) is 0 Å². The third-order valence-corrected chi connectivity index (χ3v) is 6.89. The number of piperidine rings is 1. The summed E-state index contributed by atoms with van der Waals surface area (Å²) in [5.74, 6) is 0.697. The molecular weight excluding hydrogens is 380 g/mol. The first kappa shape index (κ1) is 20.7. The van der Waals surface area contributed by atoms with Gasteiger partial charge in [-0.3, -0.25) is 9.69 Å². The molecule has 0 aromatic heterocycles. The number of carbonyl (C=O) groups is 2. The van der Waals surface area contributed by atoms with E-state index < -0.39 is 6.04 Å². The van der Waals surface area contributed by atoms with Crippen molar-refractivity contribution in [1.82, 2.24) is 15.1 Å². The molecule has 4 rings (SSSR count). The zero-order chi connectivity index (χ0) is 21.3. The van der Waals surface area contributed by atoms with E-state index in [0.717, 1.165) is 30.8 Å². The molecule has 1 aromatic carbocycles. The Labute approximate surface area is 178 Å². The van der Waals surface area contributed by atoms with Crippen LogP contribution in [0.5, 0.6) is 5.75 Å². The highest BCUT2D eigenvalue weighted by Gasteiger charge is 2.43. The lowest BCUT2D eigenvalue weighted by atomic mass is 9.95. The first-order chi connectivity index (χ1) is 14.5. The van der Waals surface area contributed by atoms with E-state index in [2.05, 4.69) is 12.2 Å². The van der Waals surface area contributed by atoms with Crippen molar-refractivity contribution < 1.29 is 19.2 Å². The van der Waals surface area contributed by atoms with E-state index in [4.69, 9.17) is 4.74 Å². The summed E-state index contributed by atoms with van der Waals surface area (Å²) in [5, 5.41) is 2.99. The third-order valence-electron chi connectivity index (χ3n) is 6.89. The van der Waals surface area contributed by atoms with Crippen LogP contribution in [0.3, 0.4) is 0 Å². The Hall–Kier alpha value is -2.54. The summed E-state index contributed by atoms with van der Waals surface area (Å²) in [6.45, 7) is 5.89. The monoisotopic (exact) mass is 413 g/mol. The van der Waals surface area contributed by atoms with Gasteiger partial charge in [0.15, 0.2) is 0 Å². The molecule has 3 aliphatic heterocycles. The minimum Gasteiger partial charge on any atom is -0.496 e. The Morgan fingerprint density at radius 2 is 2.03 bits per heavy atom. The number of nitrogens with zero attached hydrogens (tertiary/aromatic N) is 2. The SMILES string of the molecule is COc1ccccc1[C@@H]1NC(=O)N(C)C2=C1C(=O)N(CCC[NH+]1CCCC[C@@H]1C)C2. The van der Waals surface area contributed by atoms with Gasteiger partial charge in [-0.05, 0) is 32.3 Å². The molecule has 1 unspecified atom stereocenters. The van der Waals surface area contributed by atoms with Crippen LogP contribution in [-0.2, 0) is 4.79 Å². The number of hydrogen-bond acceptors (Lipinski definition) is 3. The van der Waals surface area contributed by atoms with Crippen LogP contribution < -0.4 is 15.0 Å². The summed E-state index contributed by atoms with van der Waals surface area (Å²) < 4.78 is 5.50. The van der Waals surface area contributed by atoms with Crippen molar-refractivity contribution in [1.29, 1.82) is 0 Å². The molecule has 1 aromatic rings. The molecule has 0 saturated carbocycles. The number of rotatable bonds is 6. The maximum absolute atomic E-state index is 13.4. The largest absolute Gasteiger partial charge is 0.496 e. The molecule has 0 aliphatic carbocycles. The Balaban J connectivity index is 1.50.